The molecule has 0 saturated heterocycles. The Hall–Kier alpha value is -1.54. The molecule has 19 heavy (non-hydrogen) atoms. The van der Waals surface area contributed by atoms with Crippen molar-refractivity contribution in [2.24, 2.45) is 0 Å². The minimum Gasteiger partial charge on any atom is -0.382 e. The molecule has 1 unspecified atom stereocenters. The number of rotatable bonds is 4. The van der Waals surface area contributed by atoms with E-state index >= 15 is 0 Å². The van der Waals surface area contributed by atoms with Gasteiger partial charge in [-0.15, -0.1) is 0 Å². The second-order valence-corrected chi connectivity index (χ2v) is 5.27. The van der Waals surface area contributed by atoms with Crippen molar-refractivity contribution in [3.8, 4) is 0 Å². The predicted octanol–water partition coefficient (Wildman–Crippen LogP) is 4.83. The molecule has 1 atom stereocenters. The topological polar surface area (TPSA) is 12.0 Å². The first-order valence-corrected chi connectivity index (χ1v) is 6.69. The molecule has 0 bridgehead atoms. The van der Waals surface area contributed by atoms with Crippen LogP contribution in [0.25, 0.3) is 0 Å². The van der Waals surface area contributed by atoms with Crippen LogP contribution in [0.5, 0.6) is 0 Å². The van der Waals surface area contributed by atoms with Crippen LogP contribution in [0, 0.1) is 12.7 Å². The maximum absolute atomic E-state index is 13.0. The molecular weight excluding hydrogens is 261 g/mol. The lowest BCUT2D eigenvalue weighted by molar-refractivity contribution is 0.626. The normalized spacial score (nSPS) is 12.2. The third-order valence-electron chi connectivity index (χ3n) is 3.05. The molecule has 2 aromatic carbocycles. The quantitative estimate of drug-likeness (QED) is 0.844. The average molecular weight is 278 g/mol. The van der Waals surface area contributed by atoms with Crippen LogP contribution in [0.15, 0.2) is 42.5 Å². The van der Waals surface area contributed by atoms with Gasteiger partial charge in [-0.25, -0.2) is 4.39 Å². The Bertz CT molecular complexity index is 551. The molecule has 0 amide bonds. The molecule has 0 saturated carbocycles. The molecule has 0 aromatic heterocycles. The number of anilines is 1. The molecule has 1 nitrogen and oxygen atoms in total. The van der Waals surface area contributed by atoms with E-state index in [1.165, 1.54) is 17.7 Å². The van der Waals surface area contributed by atoms with Crippen molar-refractivity contribution in [3.05, 3.63) is 64.4 Å². The number of aryl methyl sites for hydroxylation is 1. The summed E-state index contributed by atoms with van der Waals surface area (Å²) in [5.41, 5.74) is 3.12. The van der Waals surface area contributed by atoms with Gasteiger partial charge in [0.25, 0.3) is 0 Å². The summed E-state index contributed by atoms with van der Waals surface area (Å²) in [5, 5.41) is 4.15. The van der Waals surface area contributed by atoms with Crippen molar-refractivity contribution in [2.75, 3.05) is 5.32 Å². The second-order valence-electron chi connectivity index (χ2n) is 4.84. The lowest BCUT2D eigenvalue weighted by atomic mass is 10.1. The Balaban J connectivity index is 2.01. The Morgan fingerprint density at radius 2 is 1.84 bits per heavy atom. The van der Waals surface area contributed by atoms with Gasteiger partial charge in [0.2, 0.25) is 0 Å². The highest BCUT2D eigenvalue weighted by atomic mass is 35.5. The second kappa shape index (κ2) is 6.07. The molecule has 2 rings (SSSR count). The minimum absolute atomic E-state index is 0.201. The van der Waals surface area contributed by atoms with Gasteiger partial charge in [0.1, 0.15) is 5.82 Å². The Morgan fingerprint density at radius 1 is 1.16 bits per heavy atom. The molecular formula is C16H17ClFN. The van der Waals surface area contributed by atoms with Crippen LogP contribution in [0.1, 0.15) is 18.1 Å². The summed E-state index contributed by atoms with van der Waals surface area (Å²) in [6.07, 6.45) is 0.897. The first-order valence-electron chi connectivity index (χ1n) is 6.32. The number of halogens is 2. The van der Waals surface area contributed by atoms with Gasteiger partial charge in [0.05, 0.1) is 0 Å². The Kier molecular flexibility index (Phi) is 4.43. The van der Waals surface area contributed by atoms with E-state index in [4.69, 9.17) is 11.6 Å². The van der Waals surface area contributed by atoms with Crippen LogP contribution < -0.4 is 5.32 Å². The zero-order valence-corrected chi connectivity index (χ0v) is 11.8. The summed E-state index contributed by atoms with van der Waals surface area (Å²) in [6.45, 7) is 4.01. The van der Waals surface area contributed by atoms with Gasteiger partial charge in [-0.3, -0.25) is 0 Å². The zero-order chi connectivity index (χ0) is 13.8. The van der Waals surface area contributed by atoms with Gasteiger partial charge in [0.15, 0.2) is 0 Å². The number of nitrogens with one attached hydrogen (secondary N) is 1. The number of hydrogen-bond donors (Lipinski definition) is 1. The van der Waals surface area contributed by atoms with Gasteiger partial charge in [-0.05, 0) is 61.7 Å². The van der Waals surface area contributed by atoms with E-state index in [1.807, 2.05) is 31.2 Å². The van der Waals surface area contributed by atoms with E-state index in [2.05, 4.69) is 12.2 Å². The van der Waals surface area contributed by atoms with Crippen LogP contribution >= 0.6 is 11.6 Å². The monoisotopic (exact) mass is 277 g/mol. The largest absolute Gasteiger partial charge is 0.382 e. The number of benzene rings is 2. The van der Waals surface area contributed by atoms with Crippen molar-refractivity contribution in [1.29, 1.82) is 0 Å². The fraction of sp³-hybridized carbons (Fsp3) is 0.250. The molecule has 3 heteroatoms. The van der Waals surface area contributed by atoms with Crippen LogP contribution in [0.4, 0.5) is 10.1 Å². The SMILES string of the molecule is Cc1cc(F)ccc1NC(C)Cc1ccc(Cl)cc1. The molecule has 0 aliphatic rings. The molecule has 0 spiro atoms. The zero-order valence-electron chi connectivity index (χ0n) is 11.1. The Morgan fingerprint density at radius 3 is 2.47 bits per heavy atom. The average Bonchev–Trinajstić information content (AvgIpc) is 2.36. The first-order chi connectivity index (χ1) is 9.04. The third kappa shape index (κ3) is 3.97. The van der Waals surface area contributed by atoms with E-state index in [1.54, 1.807) is 6.07 Å². The maximum Gasteiger partial charge on any atom is 0.123 e. The van der Waals surface area contributed by atoms with E-state index in [9.17, 15) is 4.39 Å². The fourth-order valence-electron chi connectivity index (χ4n) is 2.08. The molecule has 100 valence electrons. The highest BCUT2D eigenvalue weighted by Crippen LogP contribution is 2.18. The summed E-state index contributed by atoms with van der Waals surface area (Å²) in [7, 11) is 0. The predicted molar refractivity (Wildman–Crippen MR) is 79.4 cm³/mol. The summed E-state index contributed by atoms with van der Waals surface area (Å²) in [4.78, 5) is 0. The number of hydrogen-bond acceptors (Lipinski definition) is 1. The van der Waals surface area contributed by atoms with Crippen molar-refractivity contribution in [3.63, 3.8) is 0 Å². The van der Waals surface area contributed by atoms with Crippen LogP contribution in [0.3, 0.4) is 0 Å². The van der Waals surface area contributed by atoms with E-state index in [0.29, 0.717) is 0 Å². The fourth-order valence-corrected chi connectivity index (χ4v) is 2.21. The summed E-state index contributed by atoms with van der Waals surface area (Å²) in [6, 6.07) is 12.9. The van der Waals surface area contributed by atoms with Crippen molar-refractivity contribution >= 4 is 17.3 Å². The van der Waals surface area contributed by atoms with Crippen molar-refractivity contribution in [1.82, 2.24) is 0 Å². The lowest BCUT2D eigenvalue weighted by Crippen LogP contribution is -2.18. The van der Waals surface area contributed by atoms with Gasteiger partial charge < -0.3 is 5.32 Å². The van der Waals surface area contributed by atoms with Crippen LogP contribution in [-0.2, 0) is 6.42 Å². The van der Waals surface area contributed by atoms with E-state index in [-0.39, 0.29) is 11.9 Å². The summed E-state index contributed by atoms with van der Waals surface area (Å²) < 4.78 is 13.0. The van der Waals surface area contributed by atoms with Gasteiger partial charge in [-0.2, -0.15) is 0 Å². The molecule has 0 aliphatic heterocycles. The minimum atomic E-state index is -0.201. The molecule has 1 N–H and O–H groups in total. The van der Waals surface area contributed by atoms with Gasteiger partial charge in [-0.1, -0.05) is 23.7 Å². The Labute approximate surface area is 118 Å². The van der Waals surface area contributed by atoms with Crippen LogP contribution in [0.2, 0.25) is 5.02 Å². The van der Waals surface area contributed by atoms with E-state index in [0.717, 1.165) is 22.7 Å². The first kappa shape index (κ1) is 13.9. The molecule has 2 aromatic rings. The highest BCUT2D eigenvalue weighted by Gasteiger charge is 2.06. The standard InChI is InChI=1S/C16H17ClFN/c1-11-9-15(18)7-8-16(11)19-12(2)10-13-3-5-14(17)6-4-13/h3-9,12,19H,10H2,1-2H3. The summed E-state index contributed by atoms with van der Waals surface area (Å²) in [5.74, 6) is -0.201. The molecule has 0 fully saturated rings. The third-order valence-corrected chi connectivity index (χ3v) is 3.30. The van der Waals surface area contributed by atoms with Crippen LogP contribution in [-0.4, -0.2) is 6.04 Å². The van der Waals surface area contributed by atoms with E-state index < -0.39 is 0 Å². The molecule has 0 heterocycles. The molecule has 0 radical (unpaired) electrons. The highest BCUT2D eigenvalue weighted by molar-refractivity contribution is 6.30. The maximum atomic E-state index is 13.0. The summed E-state index contributed by atoms with van der Waals surface area (Å²) >= 11 is 5.86. The smallest absolute Gasteiger partial charge is 0.123 e. The molecule has 0 aliphatic carbocycles. The van der Waals surface area contributed by atoms with Gasteiger partial charge in [0, 0.05) is 16.8 Å². The van der Waals surface area contributed by atoms with Crippen molar-refractivity contribution < 1.29 is 4.39 Å². The van der Waals surface area contributed by atoms with Gasteiger partial charge >= 0.3 is 0 Å². The lowest BCUT2D eigenvalue weighted by Gasteiger charge is -2.17. The van der Waals surface area contributed by atoms with Crippen molar-refractivity contribution in [2.45, 2.75) is 26.3 Å².